The molecular weight excluding hydrogens is 384 g/mol. The van der Waals surface area contributed by atoms with Gasteiger partial charge in [0.1, 0.15) is 0 Å². The van der Waals surface area contributed by atoms with Gasteiger partial charge in [0.2, 0.25) is 0 Å². The van der Waals surface area contributed by atoms with Crippen molar-refractivity contribution in [3.05, 3.63) is 131 Å². The molecule has 0 amide bonds. The van der Waals surface area contributed by atoms with Gasteiger partial charge in [0, 0.05) is 0 Å². The summed E-state index contributed by atoms with van der Waals surface area (Å²) < 4.78 is 0. The van der Waals surface area contributed by atoms with Crippen LogP contribution in [0.1, 0.15) is 22.3 Å². The molecule has 0 atom stereocenters. The lowest BCUT2D eigenvalue weighted by atomic mass is 9.89. The second kappa shape index (κ2) is 7.83. The zero-order chi connectivity index (χ0) is 21.3. The number of benzene rings is 6. The molecule has 0 nitrogen and oxygen atoms in total. The quantitative estimate of drug-likeness (QED) is 0.202. The topological polar surface area (TPSA) is 0 Å². The summed E-state index contributed by atoms with van der Waals surface area (Å²) >= 11 is 0. The van der Waals surface area contributed by atoms with Crippen LogP contribution in [-0.2, 0) is 0 Å². The molecule has 150 valence electrons. The van der Waals surface area contributed by atoms with Crippen LogP contribution >= 0.6 is 0 Å². The molecule has 0 aromatic heterocycles. The third-order valence-electron chi connectivity index (χ3n) is 6.22. The molecule has 0 unspecified atom stereocenters. The number of hydrogen-bond donors (Lipinski definition) is 0. The van der Waals surface area contributed by atoms with Crippen LogP contribution in [-0.4, -0.2) is 0 Å². The van der Waals surface area contributed by atoms with Gasteiger partial charge in [-0.05, 0) is 60.6 Å². The first-order valence-electron chi connectivity index (χ1n) is 11.0. The highest BCUT2D eigenvalue weighted by molar-refractivity contribution is 6.25. The second-order valence-electron chi connectivity index (χ2n) is 8.22. The van der Waals surface area contributed by atoms with E-state index >= 15 is 0 Å². The van der Waals surface area contributed by atoms with E-state index in [0.717, 1.165) is 0 Å². The summed E-state index contributed by atoms with van der Waals surface area (Å²) in [5.74, 6) is 0. The van der Waals surface area contributed by atoms with Gasteiger partial charge in [-0.3, -0.25) is 0 Å². The first-order chi connectivity index (χ1) is 15.9. The van der Waals surface area contributed by atoms with E-state index in [2.05, 4.69) is 133 Å². The van der Waals surface area contributed by atoms with Crippen molar-refractivity contribution in [3.8, 4) is 0 Å². The van der Waals surface area contributed by atoms with Crippen molar-refractivity contribution in [2.75, 3.05) is 0 Å². The number of rotatable bonds is 4. The summed E-state index contributed by atoms with van der Waals surface area (Å²) in [6, 6.07) is 39.0. The molecule has 6 aromatic carbocycles. The lowest BCUT2D eigenvalue weighted by Gasteiger charge is -2.15. The zero-order valence-corrected chi connectivity index (χ0v) is 17.7. The van der Waals surface area contributed by atoms with Crippen molar-refractivity contribution in [1.29, 1.82) is 0 Å². The Kier molecular flexibility index (Phi) is 4.55. The fraction of sp³-hybridized carbons (Fsp3) is 0. The maximum Gasteiger partial charge on any atom is -0.00204 e. The Morgan fingerprint density at radius 1 is 0.406 bits per heavy atom. The predicted molar refractivity (Wildman–Crippen MR) is 141 cm³/mol. The molecule has 0 bridgehead atoms. The molecule has 0 fully saturated rings. The molecule has 6 rings (SSSR count). The highest BCUT2D eigenvalue weighted by atomic mass is 14.2. The molecule has 0 radical (unpaired) electrons. The lowest BCUT2D eigenvalue weighted by Crippen LogP contribution is -1.90. The molecule has 0 saturated heterocycles. The molecular formula is C32H22. The van der Waals surface area contributed by atoms with Crippen LogP contribution in [0.3, 0.4) is 0 Å². The Hall–Kier alpha value is -4.16. The van der Waals surface area contributed by atoms with Crippen LogP contribution in [0, 0.1) is 0 Å². The Balaban J connectivity index is 1.62. The van der Waals surface area contributed by atoms with Crippen molar-refractivity contribution in [2.45, 2.75) is 0 Å². The third-order valence-corrected chi connectivity index (χ3v) is 6.22. The molecule has 0 spiro atoms. The van der Waals surface area contributed by atoms with Gasteiger partial charge in [0.25, 0.3) is 0 Å². The van der Waals surface area contributed by atoms with Gasteiger partial charge < -0.3 is 0 Å². The van der Waals surface area contributed by atoms with Crippen LogP contribution in [0.2, 0.25) is 0 Å². The standard InChI is InChI=1S/C32H22/c1-3-8-23(9-4-1)14-16-27-22-28-18-17-25-12-7-13-26-19-21-30(32(28)31(25)26)29(27)20-15-24-10-5-2-6-11-24/h1-22H. The molecule has 0 heteroatoms. The van der Waals surface area contributed by atoms with Crippen LogP contribution in [0.25, 0.3) is 56.6 Å². The Morgan fingerprint density at radius 2 is 1.00 bits per heavy atom. The summed E-state index contributed by atoms with van der Waals surface area (Å²) in [7, 11) is 0. The summed E-state index contributed by atoms with van der Waals surface area (Å²) in [6.07, 6.45) is 8.93. The first-order valence-corrected chi connectivity index (χ1v) is 11.0. The minimum absolute atomic E-state index is 1.20. The summed E-state index contributed by atoms with van der Waals surface area (Å²) in [4.78, 5) is 0. The second-order valence-corrected chi connectivity index (χ2v) is 8.22. The number of hydrogen-bond acceptors (Lipinski definition) is 0. The Morgan fingerprint density at radius 3 is 1.69 bits per heavy atom. The van der Waals surface area contributed by atoms with E-state index in [-0.39, 0.29) is 0 Å². The van der Waals surface area contributed by atoms with E-state index in [1.165, 1.54) is 54.6 Å². The van der Waals surface area contributed by atoms with Crippen molar-refractivity contribution < 1.29 is 0 Å². The summed E-state index contributed by atoms with van der Waals surface area (Å²) in [6.45, 7) is 0. The maximum absolute atomic E-state index is 2.33. The highest BCUT2D eigenvalue weighted by Crippen LogP contribution is 2.38. The molecule has 6 aromatic rings. The maximum atomic E-state index is 2.33. The fourth-order valence-electron chi connectivity index (χ4n) is 4.67. The van der Waals surface area contributed by atoms with E-state index in [4.69, 9.17) is 0 Å². The largest absolute Gasteiger partial charge is 0.0622 e. The van der Waals surface area contributed by atoms with E-state index in [9.17, 15) is 0 Å². The minimum Gasteiger partial charge on any atom is -0.0622 e. The van der Waals surface area contributed by atoms with Crippen molar-refractivity contribution in [1.82, 2.24) is 0 Å². The molecule has 32 heavy (non-hydrogen) atoms. The average Bonchev–Trinajstić information content (AvgIpc) is 2.86. The molecule has 0 aliphatic rings. The van der Waals surface area contributed by atoms with Crippen LogP contribution in [0.15, 0.2) is 109 Å². The van der Waals surface area contributed by atoms with E-state index in [1.54, 1.807) is 0 Å². The predicted octanol–water partition coefficient (Wildman–Crippen LogP) is 8.92. The van der Waals surface area contributed by atoms with Crippen molar-refractivity contribution in [3.63, 3.8) is 0 Å². The molecule has 0 saturated carbocycles. The van der Waals surface area contributed by atoms with Gasteiger partial charge in [-0.15, -0.1) is 0 Å². The average molecular weight is 407 g/mol. The zero-order valence-electron chi connectivity index (χ0n) is 17.7. The van der Waals surface area contributed by atoms with E-state index in [0.29, 0.717) is 0 Å². The molecule has 0 aliphatic heterocycles. The van der Waals surface area contributed by atoms with Gasteiger partial charge in [0.15, 0.2) is 0 Å². The molecule has 0 N–H and O–H groups in total. The minimum atomic E-state index is 1.20. The van der Waals surface area contributed by atoms with Crippen molar-refractivity contribution >= 4 is 56.6 Å². The Labute approximate surface area is 188 Å². The van der Waals surface area contributed by atoms with Gasteiger partial charge in [-0.25, -0.2) is 0 Å². The normalized spacial score (nSPS) is 12.1. The fourth-order valence-corrected chi connectivity index (χ4v) is 4.67. The smallest absolute Gasteiger partial charge is 0.00204 e. The van der Waals surface area contributed by atoms with Gasteiger partial charge >= 0.3 is 0 Å². The van der Waals surface area contributed by atoms with Crippen molar-refractivity contribution in [2.24, 2.45) is 0 Å². The Bertz CT molecular complexity index is 1570. The SMILES string of the molecule is C(=Cc1cc2ccc3cccc4ccc(c1C=Cc1ccccc1)c2c34)c1ccccc1. The van der Waals surface area contributed by atoms with E-state index < -0.39 is 0 Å². The molecule has 0 aliphatic carbocycles. The third kappa shape index (κ3) is 3.27. The monoisotopic (exact) mass is 406 g/mol. The summed E-state index contributed by atoms with van der Waals surface area (Å²) in [5, 5.41) is 7.89. The highest BCUT2D eigenvalue weighted by Gasteiger charge is 2.12. The lowest BCUT2D eigenvalue weighted by molar-refractivity contribution is 1.65. The van der Waals surface area contributed by atoms with Gasteiger partial charge in [-0.1, -0.05) is 127 Å². The molecule has 0 heterocycles. The van der Waals surface area contributed by atoms with E-state index in [1.807, 2.05) is 0 Å². The van der Waals surface area contributed by atoms with Crippen LogP contribution < -0.4 is 0 Å². The summed E-state index contributed by atoms with van der Waals surface area (Å²) in [5.41, 5.74) is 4.89. The van der Waals surface area contributed by atoms with Crippen LogP contribution in [0.5, 0.6) is 0 Å². The van der Waals surface area contributed by atoms with Crippen LogP contribution in [0.4, 0.5) is 0 Å². The van der Waals surface area contributed by atoms with Gasteiger partial charge in [-0.2, -0.15) is 0 Å². The first kappa shape index (κ1) is 18.6. The van der Waals surface area contributed by atoms with Gasteiger partial charge in [0.05, 0.1) is 0 Å².